The molecule has 1 heterocycles. The SMILES string of the molecule is C[C@H](N)C(=O)NC1CCSc2ccccc21.Cl. The molecule has 0 saturated carbocycles. The molecule has 2 rings (SSSR count). The number of nitrogens with two attached hydrogens (primary N) is 1. The highest BCUT2D eigenvalue weighted by Gasteiger charge is 2.22. The minimum atomic E-state index is -0.443. The van der Waals surface area contributed by atoms with E-state index in [2.05, 4.69) is 17.4 Å². The first kappa shape index (κ1) is 14.4. The van der Waals surface area contributed by atoms with Crippen LogP contribution in [0.15, 0.2) is 29.2 Å². The van der Waals surface area contributed by atoms with Crippen LogP contribution in [0, 0.1) is 0 Å². The number of halogens is 1. The van der Waals surface area contributed by atoms with E-state index in [9.17, 15) is 4.79 Å². The second-order valence-electron chi connectivity index (χ2n) is 4.02. The first-order chi connectivity index (χ1) is 7.68. The maximum Gasteiger partial charge on any atom is 0.237 e. The van der Waals surface area contributed by atoms with E-state index < -0.39 is 6.04 Å². The van der Waals surface area contributed by atoms with E-state index in [-0.39, 0.29) is 24.4 Å². The second-order valence-corrected chi connectivity index (χ2v) is 5.16. The Morgan fingerprint density at radius 1 is 1.53 bits per heavy atom. The van der Waals surface area contributed by atoms with Gasteiger partial charge in [0.25, 0.3) is 0 Å². The van der Waals surface area contributed by atoms with Crippen molar-refractivity contribution in [2.24, 2.45) is 5.73 Å². The molecule has 0 aliphatic carbocycles. The fourth-order valence-corrected chi connectivity index (χ4v) is 2.92. The predicted octanol–water partition coefficient (Wildman–Crippen LogP) is 2.11. The molecule has 94 valence electrons. The van der Waals surface area contributed by atoms with Crippen LogP contribution in [0.4, 0.5) is 0 Å². The quantitative estimate of drug-likeness (QED) is 0.867. The van der Waals surface area contributed by atoms with E-state index >= 15 is 0 Å². The number of hydrogen-bond acceptors (Lipinski definition) is 3. The molecule has 0 aromatic heterocycles. The zero-order valence-electron chi connectivity index (χ0n) is 9.68. The van der Waals surface area contributed by atoms with Gasteiger partial charge in [0, 0.05) is 10.6 Å². The summed E-state index contributed by atoms with van der Waals surface area (Å²) in [7, 11) is 0. The first-order valence-corrected chi connectivity index (χ1v) is 6.44. The van der Waals surface area contributed by atoms with Crippen LogP contribution >= 0.6 is 24.2 Å². The molecule has 0 fully saturated rings. The number of carbonyl (C=O) groups is 1. The molecule has 0 spiro atoms. The molecule has 0 radical (unpaired) electrons. The van der Waals surface area contributed by atoms with E-state index in [4.69, 9.17) is 5.73 Å². The number of thioether (sulfide) groups is 1. The Kier molecular flexibility index (Phi) is 5.31. The van der Waals surface area contributed by atoms with E-state index in [1.54, 1.807) is 6.92 Å². The Morgan fingerprint density at radius 3 is 2.94 bits per heavy atom. The molecular weight excluding hydrogens is 256 g/mol. The molecule has 3 N–H and O–H groups in total. The van der Waals surface area contributed by atoms with Crippen LogP contribution in [0.25, 0.3) is 0 Å². The number of benzene rings is 1. The van der Waals surface area contributed by atoms with E-state index in [1.165, 1.54) is 10.5 Å². The van der Waals surface area contributed by atoms with Gasteiger partial charge < -0.3 is 11.1 Å². The first-order valence-electron chi connectivity index (χ1n) is 5.46. The van der Waals surface area contributed by atoms with Crippen molar-refractivity contribution in [1.82, 2.24) is 5.32 Å². The molecule has 1 unspecified atom stereocenters. The van der Waals surface area contributed by atoms with Gasteiger partial charge in [-0.1, -0.05) is 18.2 Å². The van der Waals surface area contributed by atoms with Gasteiger partial charge in [0.2, 0.25) is 5.91 Å². The van der Waals surface area contributed by atoms with E-state index in [0.29, 0.717) is 0 Å². The number of amides is 1. The van der Waals surface area contributed by atoms with Crippen molar-refractivity contribution in [3.05, 3.63) is 29.8 Å². The average molecular weight is 273 g/mol. The molecule has 0 saturated heterocycles. The van der Waals surface area contributed by atoms with Crippen molar-refractivity contribution in [3.63, 3.8) is 0 Å². The minimum absolute atomic E-state index is 0. The monoisotopic (exact) mass is 272 g/mol. The third kappa shape index (κ3) is 3.37. The summed E-state index contributed by atoms with van der Waals surface area (Å²) in [4.78, 5) is 12.8. The van der Waals surface area contributed by atoms with Gasteiger partial charge in [-0.15, -0.1) is 24.2 Å². The topological polar surface area (TPSA) is 55.1 Å². The summed E-state index contributed by atoms with van der Waals surface area (Å²) < 4.78 is 0. The third-order valence-electron chi connectivity index (χ3n) is 2.69. The Hall–Kier alpha value is -0.710. The van der Waals surface area contributed by atoms with Gasteiger partial charge in [0.1, 0.15) is 0 Å². The number of carbonyl (C=O) groups excluding carboxylic acids is 1. The van der Waals surface area contributed by atoms with Gasteiger partial charge in [0.05, 0.1) is 12.1 Å². The van der Waals surface area contributed by atoms with Crippen LogP contribution in [-0.2, 0) is 4.79 Å². The lowest BCUT2D eigenvalue weighted by Gasteiger charge is -2.26. The molecule has 5 heteroatoms. The largest absolute Gasteiger partial charge is 0.348 e. The lowest BCUT2D eigenvalue weighted by molar-refractivity contribution is -0.122. The third-order valence-corrected chi connectivity index (χ3v) is 3.81. The van der Waals surface area contributed by atoms with Gasteiger partial charge in [-0.3, -0.25) is 4.79 Å². The highest BCUT2D eigenvalue weighted by atomic mass is 35.5. The van der Waals surface area contributed by atoms with Gasteiger partial charge in [-0.05, 0) is 25.0 Å². The number of fused-ring (bicyclic) bond motifs is 1. The van der Waals surface area contributed by atoms with Crippen molar-refractivity contribution < 1.29 is 4.79 Å². The van der Waals surface area contributed by atoms with Crippen LogP contribution in [0.2, 0.25) is 0 Å². The predicted molar refractivity (Wildman–Crippen MR) is 73.6 cm³/mol. The normalized spacial score (nSPS) is 19.8. The standard InChI is InChI=1S/C12H16N2OS.ClH/c1-8(13)12(15)14-10-6-7-16-11-5-3-2-4-9(10)11;/h2-5,8,10H,6-7,13H2,1H3,(H,14,15);1H/t8-,10?;/m0./s1. The van der Waals surface area contributed by atoms with Gasteiger partial charge in [0.15, 0.2) is 0 Å². The molecular formula is C12H17ClN2OS. The summed E-state index contributed by atoms with van der Waals surface area (Å²) in [6, 6.07) is 7.90. The zero-order valence-corrected chi connectivity index (χ0v) is 11.3. The van der Waals surface area contributed by atoms with Crippen LogP contribution < -0.4 is 11.1 Å². The highest BCUT2D eigenvalue weighted by molar-refractivity contribution is 7.99. The van der Waals surface area contributed by atoms with Crippen LogP contribution in [0.3, 0.4) is 0 Å². The van der Waals surface area contributed by atoms with E-state index in [0.717, 1.165) is 12.2 Å². The number of hydrogen-bond donors (Lipinski definition) is 2. The van der Waals surface area contributed by atoms with Gasteiger partial charge in [-0.2, -0.15) is 0 Å². The maximum atomic E-state index is 11.6. The lowest BCUT2D eigenvalue weighted by Crippen LogP contribution is -2.41. The van der Waals surface area contributed by atoms with E-state index in [1.807, 2.05) is 23.9 Å². The molecule has 1 aromatic rings. The summed E-state index contributed by atoms with van der Waals surface area (Å²) in [5, 5.41) is 3.00. The van der Waals surface area contributed by atoms with Gasteiger partial charge in [-0.25, -0.2) is 0 Å². The molecule has 1 aromatic carbocycles. The Bertz CT molecular complexity index is 398. The fourth-order valence-electron chi connectivity index (χ4n) is 1.80. The van der Waals surface area contributed by atoms with Crippen molar-refractivity contribution in [2.75, 3.05) is 5.75 Å². The zero-order chi connectivity index (χ0) is 11.5. The molecule has 0 bridgehead atoms. The molecule has 3 nitrogen and oxygen atoms in total. The van der Waals surface area contributed by atoms with Crippen LogP contribution in [0.1, 0.15) is 24.9 Å². The summed E-state index contributed by atoms with van der Waals surface area (Å²) >= 11 is 1.85. The fraction of sp³-hybridized carbons (Fsp3) is 0.417. The maximum absolute atomic E-state index is 11.6. The van der Waals surface area contributed by atoms with Crippen molar-refractivity contribution >= 4 is 30.1 Å². The molecule has 1 amide bonds. The summed E-state index contributed by atoms with van der Waals surface area (Å²) in [5.41, 5.74) is 6.77. The van der Waals surface area contributed by atoms with Crippen molar-refractivity contribution in [2.45, 2.75) is 30.3 Å². The number of rotatable bonds is 2. The van der Waals surface area contributed by atoms with Crippen LogP contribution in [0.5, 0.6) is 0 Å². The summed E-state index contributed by atoms with van der Waals surface area (Å²) in [6.07, 6.45) is 0.972. The molecule has 17 heavy (non-hydrogen) atoms. The Morgan fingerprint density at radius 2 is 2.24 bits per heavy atom. The summed E-state index contributed by atoms with van der Waals surface area (Å²) in [5.74, 6) is 0.965. The Labute approximate surface area is 112 Å². The van der Waals surface area contributed by atoms with Gasteiger partial charge >= 0.3 is 0 Å². The van der Waals surface area contributed by atoms with Crippen molar-refractivity contribution in [1.29, 1.82) is 0 Å². The number of nitrogens with one attached hydrogen (secondary N) is 1. The van der Waals surface area contributed by atoms with Crippen molar-refractivity contribution in [3.8, 4) is 0 Å². The lowest BCUT2D eigenvalue weighted by atomic mass is 10.0. The molecule has 1 aliphatic rings. The second kappa shape index (κ2) is 6.28. The smallest absolute Gasteiger partial charge is 0.237 e. The highest BCUT2D eigenvalue weighted by Crippen LogP contribution is 2.35. The Balaban J connectivity index is 0.00000144. The van der Waals surface area contributed by atoms with Crippen LogP contribution in [-0.4, -0.2) is 17.7 Å². The summed E-state index contributed by atoms with van der Waals surface area (Å²) in [6.45, 7) is 1.71. The minimum Gasteiger partial charge on any atom is -0.348 e. The molecule has 2 atom stereocenters. The average Bonchev–Trinajstić information content (AvgIpc) is 2.29. The molecule has 1 aliphatic heterocycles.